The molecule has 1 aliphatic rings. The minimum atomic E-state index is 1.15. The lowest BCUT2D eigenvalue weighted by molar-refractivity contribution is 1.28. The molecule has 0 unspecified atom stereocenters. The molecular weight excluding hydrogens is 398 g/mol. The lowest BCUT2D eigenvalue weighted by atomic mass is 9.97. The molecule has 0 atom stereocenters. The van der Waals surface area contributed by atoms with Crippen LogP contribution in [0.5, 0.6) is 0 Å². The van der Waals surface area contributed by atoms with E-state index >= 15 is 0 Å². The van der Waals surface area contributed by atoms with Crippen molar-refractivity contribution >= 4 is 29.2 Å². The summed E-state index contributed by atoms with van der Waals surface area (Å²) in [7, 11) is 0. The second-order valence-electron chi connectivity index (χ2n) is 8.29. The summed E-state index contributed by atoms with van der Waals surface area (Å²) in [6.07, 6.45) is 4.43. The summed E-state index contributed by atoms with van der Waals surface area (Å²) in [4.78, 5) is 2.39. The van der Waals surface area contributed by atoms with Crippen LogP contribution in [0.15, 0.2) is 127 Å². The van der Waals surface area contributed by atoms with Gasteiger partial charge >= 0.3 is 0 Å². The van der Waals surface area contributed by atoms with Crippen molar-refractivity contribution in [3.63, 3.8) is 0 Å². The molecule has 0 aromatic heterocycles. The molecule has 0 bridgehead atoms. The van der Waals surface area contributed by atoms with Crippen molar-refractivity contribution in [2.45, 2.75) is 0 Å². The van der Waals surface area contributed by atoms with Gasteiger partial charge in [-0.1, -0.05) is 109 Å². The van der Waals surface area contributed by atoms with Gasteiger partial charge in [0, 0.05) is 5.69 Å². The van der Waals surface area contributed by atoms with E-state index < -0.39 is 0 Å². The minimum Gasteiger partial charge on any atom is -0.309 e. The van der Waals surface area contributed by atoms with E-state index in [9.17, 15) is 0 Å². The molecule has 33 heavy (non-hydrogen) atoms. The molecule has 0 saturated carbocycles. The third-order valence-electron chi connectivity index (χ3n) is 6.19. The Morgan fingerprint density at radius 1 is 0.364 bits per heavy atom. The van der Waals surface area contributed by atoms with E-state index in [1.807, 2.05) is 0 Å². The molecular formula is C32H23N. The van der Waals surface area contributed by atoms with E-state index in [0.29, 0.717) is 0 Å². The van der Waals surface area contributed by atoms with Gasteiger partial charge in [-0.05, 0) is 63.7 Å². The van der Waals surface area contributed by atoms with E-state index in [-0.39, 0.29) is 0 Å². The Hall–Kier alpha value is -4.36. The molecule has 1 nitrogen and oxygen atoms in total. The number of para-hydroxylation sites is 2. The van der Waals surface area contributed by atoms with Gasteiger partial charge in [0.2, 0.25) is 0 Å². The summed E-state index contributed by atoms with van der Waals surface area (Å²) in [5, 5.41) is 0. The first-order valence-corrected chi connectivity index (χ1v) is 11.3. The molecule has 156 valence electrons. The molecule has 0 radical (unpaired) electrons. The third-order valence-corrected chi connectivity index (χ3v) is 6.19. The van der Waals surface area contributed by atoms with E-state index in [2.05, 4.69) is 144 Å². The molecule has 0 fully saturated rings. The zero-order valence-electron chi connectivity index (χ0n) is 18.2. The van der Waals surface area contributed by atoms with Gasteiger partial charge in [0.15, 0.2) is 0 Å². The van der Waals surface area contributed by atoms with Gasteiger partial charge in [0.25, 0.3) is 0 Å². The van der Waals surface area contributed by atoms with Crippen LogP contribution in [0.1, 0.15) is 11.1 Å². The largest absolute Gasteiger partial charge is 0.309 e. The lowest BCUT2D eigenvalue weighted by Gasteiger charge is -2.28. The Labute approximate surface area is 194 Å². The second-order valence-corrected chi connectivity index (χ2v) is 8.29. The van der Waals surface area contributed by atoms with Crippen LogP contribution in [0.4, 0.5) is 17.1 Å². The van der Waals surface area contributed by atoms with Crippen LogP contribution in [0.3, 0.4) is 0 Å². The number of nitrogens with zero attached hydrogens (tertiary/aromatic N) is 1. The topological polar surface area (TPSA) is 3.24 Å². The van der Waals surface area contributed by atoms with Crippen LogP contribution in [-0.2, 0) is 0 Å². The van der Waals surface area contributed by atoms with E-state index in [1.54, 1.807) is 0 Å². The van der Waals surface area contributed by atoms with Crippen LogP contribution in [-0.4, -0.2) is 0 Å². The molecule has 1 heteroatoms. The standard InChI is InChI=1S/C32H23N/c1-3-11-24(12-4-1)28-21-29(25-13-5-2-6-14-25)23-30(22-28)33-31-17-9-7-15-26(31)19-20-27-16-8-10-18-32(27)33/h1-23H. The second kappa shape index (κ2) is 8.29. The maximum absolute atomic E-state index is 2.39. The smallest absolute Gasteiger partial charge is 0.0534 e. The highest BCUT2D eigenvalue weighted by atomic mass is 15.1. The first-order valence-electron chi connectivity index (χ1n) is 11.3. The fourth-order valence-electron chi connectivity index (χ4n) is 4.59. The average molecular weight is 422 g/mol. The summed E-state index contributed by atoms with van der Waals surface area (Å²) >= 11 is 0. The third kappa shape index (κ3) is 3.64. The fourth-order valence-corrected chi connectivity index (χ4v) is 4.59. The molecule has 0 N–H and O–H groups in total. The molecule has 1 heterocycles. The summed E-state index contributed by atoms with van der Waals surface area (Å²) in [5.41, 5.74) is 10.8. The monoisotopic (exact) mass is 421 g/mol. The Morgan fingerprint density at radius 3 is 1.27 bits per heavy atom. The zero-order chi connectivity index (χ0) is 22.0. The number of rotatable bonds is 3. The predicted octanol–water partition coefficient (Wildman–Crippen LogP) is 8.97. The van der Waals surface area contributed by atoms with Crippen LogP contribution in [0.2, 0.25) is 0 Å². The number of hydrogen-bond acceptors (Lipinski definition) is 1. The first kappa shape index (κ1) is 19.3. The SMILES string of the molecule is C1=Cc2ccccc2N(c2cc(-c3ccccc3)cc(-c3ccccc3)c2)c2ccccc21. The van der Waals surface area contributed by atoms with E-state index in [1.165, 1.54) is 44.8 Å². The Balaban J connectivity index is 1.63. The lowest BCUT2D eigenvalue weighted by Crippen LogP contribution is -2.12. The normalized spacial score (nSPS) is 12.1. The van der Waals surface area contributed by atoms with Crippen LogP contribution in [0, 0.1) is 0 Å². The van der Waals surface area contributed by atoms with Crippen molar-refractivity contribution in [2.24, 2.45) is 0 Å². The molecule has 5 aromatic carbocycles. The maximum Gasteiger partial charge on any atom is 0.0534 e. The molecule has 1 aliphatic heterocycles. The number of hydrogen-bond donors (Lipinski definition) is 0. The highest BCUT2D eigenvalue weighted by Gasteiger charge is 2.20. The molecule has 0 saturated heterocycles. The molecule has 0 amide bonds. The van der Waals surface area contributed by atoms with Gasteiger partial charge in [-0.15, -0.1) is 0 Å². The van der Waals surface area contributed by atoms with Gasteiger partial charge < -0.3 is 4.90 Å². The fraction of sp³-hybridized carbons (Fsp3) is 0. The first-order chi connectivity index (χ1) is 16.4. The minimum absolute atomic E-state index is 1.15. The van der Waals surface area contributed by atoms with Gasteiger partial charge in [0.05, 0.1) is 11.4 Å². The maximum atomic E-state index is 2.39. The average Bonchev–Trinajstić information content (AvgIpc) is 3.06. The van der Waals surface area contributed by atoms with E-state index in [4.69, 9.17) is 0 Å². The Morgan fingerprint density at radius 2 is 0.788 bits per heavy atom. The summed E-state index contributed by atoms with van der Waals surface area (Å²) in [5.74, 6) is 0. The van der Waals surface area contributed by atoms with Crippen molar-refractivity contribution in [1.82, 2.24) is 0 Å². The van der Waals surface area contributed by atoms with Gasteiger partial charge in [0.1, 0.15) is 0 Å². The van der Waals surface area contributed by atoms with E-state index in [0.717, 1.165) is 5.69 Å². The number of anilines is 3. The highest BCUT2D eigenvalue weighted by molar-refractivity contribution is 5.94. The molecule has 0 spiro atoms. The zero-order valence-corrected chi connectivity index (χ0v) is 18.2. The van der Waals surface area contributed by atoms with Gasteiger partial charge in [-0.3, -0.25) is 0 Å². The van der Waals surface area contributed by atoms with Crippen LogP contribution in [0.25, 0.3) is 34.4 Å². The molecule has 0 aliphatic carbocycles. The summed E-state index contributed by atoms with van der Waals surface area (Å²) < 4.78 is 0. The van der Waals surface area contributed by atoms with Crippen molar-refractivity contribution in [3.05, 3.63) is 139 Å². The van der Waals surface area contributed by atoms with Crippen molar-refractivity contribution in [3.8, 4) is 22.3 Å². The quantitative estimate of drug-likeness (QED) is 0.276. The summed E-state index contributed by atoms with van der Waals surface area (Å²) in [6.45, 7) is 0. The highest BCUT2D eigenvalue weighted by Crippen LogP contribution is 2.44. The van der Waals surface area contributed by atoms with Crippen molar-refractivity contribution in [2.75, 3.05) is 4.90 Å². The number of fused-ring (bicyclic) bond motifs is 2. The predicted molar refractivity (Wildman–Crippen MR) is 141 cm³/mol. The Kier molecular flexibility index (Phi) is 4.86. The van der Waals surface area contributed by atoms with Crippen molar-refractivity contribution in [1.29, 1.82) is 0 Å². The molecule has 5 aromatic rings. The van der Waals surface area contributed by atoms with Gasteiger partial charge in [-0.2, -0.15) is 0 Å². The summed E-state index contributed by atoms with van der Waals surface area (Å²) in [6, 6.07) is 45.4. The van der Waals surface area contributed by atoms with Crippen LogP contribution < -0.4 is 4.90 Å². The van der Waals surface area contributed by atoms with Crippen LogP contribution >= 0.6 is 0 Å². The van der Waals surface area contributed by atoms with Gasteiger partial charge in [-0.25, -0.2) is 0 Å². The molecule has 6 rings (SSSR count). The number of benzene rings is 5. The Bertz CT molecular complexity index is 1340. The van der Waals surface area contributed by atoms with Crippen molar-refractivity contribution < 1.29 is 0 Å².